The van der Waals surface area contributed by atoms with Crippen LogP contribution in [0.3, 0.4) is 0 Å². The number of carbonyl (C=O) groups is 1. The van der Waals surface area contributed by atoms with Crippen LogP contribution >= 0.6 is 11.3 Å². The SMILES string of the molecule is CCN(CC)CCCNC(=O)c1sc2ccccc2c1N. The van der Waals surface area contributed by atoms with Crippen molar-refractivity contribution in [2.45, 2.75) is 20.3 Å². The zero-order chi connectivity index (χ0) is 15.2. The number of thiophene rings is 1. The molecule has 2 rings (SSSR count). The molecule has 4 nitrogen and oxygen atoms in total. The third kappa shape index (κ3) is 3.74. The molecule has 0 saturated heterocycles. The molecule has 0 saturated carbocycles. The van der Waals surface area contributed by atoms with E-state index in [4.69, 9.17) is 5.73 Å². The van der Waals surface area contributed by atoms with Gasteiger partial charge in [0.25, 0.3) is 5.91 Å². The maximum Gasteiger partial charge on any atom is 0.263 e. The van der Waals surface area contributed by atoms with Crippen LogP contribution in [0.2, 0.25) is 0 Å². The first kappa shape index (κ1) is 15.8. The molecule has 0 aliphatic rings. The van der Waals surface area contributed by atoms with Gasteiger partial charge in [-0.3, -0.25) is 4.79 Å². The molecule has 0 aliphatic heterocycles. The summed E-state index contributed by atoms with van der Waals surface area (Å²) >= 11 is 1.46. The Bertz CT molecular complexity index is 605. The molecule has 1 aromatic carbocycles. The highest BCUT2D eigenvalue weighted by molar-refractivity contribution is 7.21. The second-order valence-corrected chi connectivity index (χ2v) is 6.03. The molecule has 114 valence electrons. The van der Waals surface area contributed by atoms with Crippen LogP contribution in [-0.4, -0.2) is 37.0 Å². The minimum Gasteiger partial charge on any atom is -0.397 e. The minimum atomic E-state index is -0.0618. The van der Waals surface area contributed by atoms with Gasteiger partial charge in [-0.1, -0.05) is 32.0 Å². The fraction of sp³-hybridized carbons (Fsp3) is 0.438. The van der Waals surface area contributed by atoms with Crippen LogP contribution in [0.5, 0.6) is 0 Å². The molecule has 0 spiro atoms. The number of rotatable bonds is 7. The van der Waals surface area contributed by atoms with Gasteiger partial charge in [-0.2, -0.15) is 0 Å². The van der Waals surface area contributed by atoms with Crippen LogP contribution < -0.4 is 11.1 Å². The van der Waals surface area contributed by atoms with Gasteiger partial charge in [0.05, 0.1) is 5.69 Å². The van der Waals surface area contributed by atoms with E-state index in [2.05, 4.69) is 24.1 Å². The number of hydrogen-bond donors (Lipinski definition) is 2. The lowest BCUT2D eigenvalue weighted by molar-refractivity contribution is 0.0956. The Balaban J connectivity index is 1.92. The average Bonchev–Trinajstić information content (AvgIpc) is 2.85. The van der Waals surface area contributed by atoms with Crippen molar-refractivity contribution in [3.63, 3.8) is 0 Å². The molecule has 3 N–H and O–H groups in total. The van der Waals surface area contributed by atoms with Crippen molar-refractivity contribution >= 4 is 33.0 Å². The summed E-state index contributed by atoms with van der Waals surface area (Å²) < 4.78 is 1.06. The predicted octanol–water partition coefficient (Wildman–Crippen LogP) is 2.95. The standard InChI is InChI=1S/C16H23N3OS/c1-3-19(4-2)11-7-10-18-16(20)15-14(17)12-8-5-6-9-13(12)21-15/h5-6,8-9H,3-4,7,10-11,17H2,1-2H3,(H,18,20). The second-order valence-electron chi connectivity index (χ2n) is 4.98. The van der Waals surface area contributed by atoms with Crippen LogP contribution in [0.25, 0.3) is 10.1 Å². The lowest BCUT2D eigenvalue weighted by Gasteiger charge is -2.17. The summed E-state index contributed by atoms with van der Waals surface area (Å²) in [6.45, 7) is 8.10. The van der Waals surface area contributed by atoms with E-state index in [1.54, 1.807) is 0 Å². The molecule has 5 heteroatoms. The molecular formula is C16H23N3OS. The second kappa shape index (κ2) is 7.43. The van der Waals surface area contributed by atoms with Crippen molar-refractivity contribution in [3.05, 3.63) is 29.1 Å². The number of nitrogens with one attached hydrogen (secondary N) is 1. The van der Waals surface area contributed by atoms with Gasteiger partial charge in [0.1, 0.15) is 4.88 Å². The molecule has 1 aromatic heterocycles. The van der Waals surface area contributed by atoms with Crippen LogP contribution in [0.4, 0.5) is 5.69 Å². The Hall–Kier alpha value is -1.59. The van der Waals surface area contributed by atoms with Crippen molar-refractivity contribution in [2.75, 3.05) is 31.9 Å². The largest absolute Gasteiger partial charge is 0.397 e. The summed E-state index contributed by atoms with van der Waals surface area (Å²) in [5.41, 5.74) is 6.67. The molecule has 0 atom stereocenters. The third-order valence-electron chi connectivity index (χ3n) is 3.67. The number of nitrogens with zero attached hydrogens (tertiary/aromatic N) is 1. The fourth-order valence-corrected chi connectivity index (χ4v) is 3.40. The molecule has 0 bridgehead atoms. The number of amides is 1. The number of hydrogen-bond acceptors (Lipinski definition) is 4. The van der Waals surface area contributed by atoms with E-state index >= 15 is 0 Å². The average molecular weight is 305 g/mol. The molecule has 0 fully saturated rings. The van der Waals surface area contributed by atoms with Gasteiger partial charge in [0.15, 0.2) is 0 Å². The Morgan fingerprint density at radius 1 is 1.29 bits per heavy atom. The number of carbonyl (C=O) groups excluding carboxylic acids is 1. The smallest absolute Gasteiger partial charge is 0.263 e. The summed E-state index contributed by atoms with van der Waals surface area (Å²) in [5, 5.41) is 3.94. The highest BCUT2D eigenvalue weighted by Crippen LogP contribution is 2.33. The molecule has 0 aliphatic carbocycles. The van der Waals surface area contributed by atoms with Crippen molar-refractivity contribution < 1.29 is 4.79 Å². The molecule has 2 aromatic rings. The van der Waals surface area contributed by atoms with Crippen LogP contribution in [0.1, 0.15) is 29.9 Å². The highest BCUT2D eigenvalue weighted by Gasteiger charge is 2.15. The lowest BCUT2D eigenvalue weighted by Crippen LogP contribution is -2.29. The lowest BCUT2D eigenvalue weighted by atomic mass is 10.2. The normalized spacial score (nSPS) is 11.2. The Kier molecular flexibility index (Phi) is 5.59. The van der Waals surface area contributed by atoms with E-state index in [-0.39, 0.29) is 5.91 Å². The highest BCUT2D eigenvalue weighted by atomic mass is 32.1. The summed E-state index contributed by atoms with van der Waals surface area (Å²) in [7, 11) is 0. The topological polar surface area (TPSA) is 58.4 Å². The molecule has 0 unspecified atom stereocenters. The molecule has 1 heterocycles. The van der Waals surface area contributed by atoms with Crippen LogP contribution in [0, 0.1) is 0 Å². The van der Waals surface area contributed by atoms with Crippen molar-refractivity contribution in [2.24, 2.45) is 0 Å². The van der Waals surface area contributed by atoms with E-state index in [1.807, 2.05) is 24.3 Å². The van der Waals surface area contributed by atoms with Gasteiger partial charge >= 0.3 is 0 Å². The number of benzene rings is 1. The quantitative estimate of drug-likeness (QED) is 0.773. The van der Waals surface area contributed by atoms with Crippen molar-refractivity contribution in [1.29, 1.82) is 0 Å². The van der Waals surface area contributed by atoms with Crippen molar-refractivity contribution in [1.82, 2.24) is 10.2 Å². The molecule has 21 heavy (non-hydrogen) atoms. The summed E-state index contributed by atoms with van der Waals surface area (Å²) in [6.07, 6.45) is 0.957. The van der Waals surface area contributed by atoms with Gasteiger partial charge < -0.3 is 16.0 Å². The van der Waals surface area contributed by atoms with E-state index < -0.39 is 0 Å². The number of anilines is 1. The van der Waals surface area contributed by atoms with Crippen molar-refractivity contribution in [3.8, 4) is 0 Å². The maximum absolute atomic E-state index is 12.2. The zero-order valence-electron chi connectivity index (χ0n) is 12.7. The number of nitrogen functional groups attached to an aromatic ring is 1. The van der Waals surface area contributed by atoms with E-state index in [9.17, 15) is 4.79 Å². The zero-order valence-corrected chi connectivity index (χ0v) is 13.5. The van der Waals surface area contributed by atoms with Gasteiger partial charge in [0, 0.05) is 16.6 Å². The maximum atomic E-state index is 12.2. The van der Waals surface area contributed by atoms with Gasteiger partial charge in [-0.25, -0.2) is 0 Å². The van der Waals surface area contributed by atoms with E-state index in [0.717, 1.165) is 36.1 Å². The first-order valence-electron chi connectivity index (χ1n) is 7.44. The summed E-state index contributed by atoms with van der Waals surface area (Å²) in [4.78, 5) is 15.2. The Labute approximate surface area is 129 Å². The first-order valence-corrected chi connectivity index (χ1v) is 8.26. The molecule has 1 amide bonds. The third-order valence-corrected chi connectivity index (χ3v) is 4.86. The van der Waals surface area contributed by atoms with E-state index in [1.165, 1.54) is 11.3 Å². The summed E-state index contributed by atoms with van der Waals surface area (Å²) in [5.74, 6) is -0.0618. The van der Waals surface area contributed by atoms with E-state index in [0.29, 0.717) is 17.1 Å². The molecule has 0 radical (unpaired) electrons. The van der Waals surface area contributed by atoms with Crippen LogP contribution in [-0.2, 0) is 0 Å². The number of nitrogens with two attached hydrogens (primary N) is 1. The van der Waals surface area contributed by atoms with Crippen LogP contribution in [0.15, 0.2) is 24.3 Å². The minimum absolute atomic E-state index is 0.0618. The Morgan fingerprint density at radius 2 is 2.00 bits per heavy atom. The number of fused-ring (bicyclic) bond motifs is 1. The fourth-order valence-electron chi connectivity index (χ4n) is 2.36. The first-order chi connectivity index (χ1) is 10.2. The summed E-state index contributed by atoms with van der Waals surface area (Å²) in [6, 6.07) is 7.85. The van der Waals surface area contributed by atoms with Gasteiger partial charge in [0.2, 0.25) is 0 Å². The predicted molar refractivity (Wildman–Crippen MR) is 91.0 cm³/mol. The van der Waals surface area contributed by atoms with Gasteiger partial charge in [-0.05, 0) is 32.1 Å². The monoisotopic (exact) mass is 305 g/mol. The molecular weight excluding hydrogens is 282 g/mol. The Morgan fingerprint density at radius 3 is 2.67 bits per heavy atom. The van der Waals surface area contributed by atoms with Gasteiger partial charge in [-0.15, -0.1) is 11.3 Å².